The minimum absolute atomic E-state index is 0.325. The van der Waals surface area contributed by atoms with Gasteiger partial charge in [-0.15, -0.1) is 0 Å². The molecule has 1 saturated heterocycles. The molecule has 1 aliphatic heterocycles. The van der Waals surface area contributed by atoms with Gasteiger partial charge in [0.15, 0.2) is 0 Å². The molecule has 5 aromatic carbocycles. The molecule has 256 valence electrons. The van der Waals surface area contributed by atoms with Gasteiger partial charge in [-0.05, 0) is 35.2 Å². The number of para-hydroxylation sites is 1. The number of hydrogen-bond acceptors (Lipinski definition) is 5. The summed E-state index contributed by atoms with van der Waals surface area (Å²) in [5.74, 6) is 0. The Morgan fingerprint density at radius 1 is 0.520 bits per heavy atom. The summed E-state index contributed by atoms with van der Waals surface area (Å²) in [5, 5.41) is 1.14. The summed E-state index contributed by atoms with van der Waals surface area (Å²) in [4.78, 5) is 0. The number of benzene rings is 5. The van der Waals surface area contributed by atoms with E-state index in [1.807, 2.05) is 72.8 Å². The predicted molar refractivity (Wildman–Crippen MR) is 196 cm³/mol. The smallest absolute Gasteiger partial charge is 0.117 e. The maximum absolute atomic E-state index is 7.23. The van der Waals surface area contributed by atoms with Crippen LogP contribution >= 0.6 is 0 Å². The Labute approximate surface area is 295 Å². The molecule has 0 amide bonds. The summed E-state index contributed by atoms with van der Waals surface area (Å²) in [6, 6.07) is 49.5. The minimum Gasteiger partial charge on any atom is -0.374 e. The van der Waals surface area contributed by atoms with Crippen molar-refractivity contribution in [3.63, 3.8) is 0 Å². The topological polar surface area (TPSA) is 51.1 Å². The van der Waals surface area contributed by atoms with E-state index < -0.39 is 30.5 Å². The van der Waals surface area contributed by atoms with Crippen molar-refractivity contribution in [1.29, 1.82) is 0 Å². The summed E-state index contributed by atoms with van der Waals surface area (Å²) in [7, 11) is 2.11. The Balaban J connectivity index is 1.29. The van der Waals surface area contributed by atoms with Crippen LogP contribution < -0.4 is 0 Å². The Morgan fingerprint density at radius 2 is 0.960 bits per heavy atom. The highest BCUT2D eigenvalue weighted by Gasteiger charge is 2.50. The average Bonchev–Trinajstić information content (AvgIpc) is 3.42. The van der Waals surface area contributed by atoms with Crippen LogP contribution in [0.15, 0.2) is 146 Å². The van der Waals surface area contributed by atoms with Crippen molar-refractivity contribution in [2.75, 3.05) is 6.61 Å². The third-order valence-electron chi connectivity index (χ3n) is 9.62. The lowest BCUT2D eigenvalue weighted by atomic mass is 9.89. The number of nitrogens with zero attached hydrogens (tertiary/aromatic N) is 1. The summed E-state index contributed by atoms with van der Waals surface area (Å²) in [6.07, 6.45) is -2.35. The maximum atomic E-state index is 7.23. The monoisotopic (exact) mass is 667 g/mol. The molecule has 1 fully saturated rings. The Kier molecular flexibility index (Phi) is 11.1. The second-order valence-electron chi connectivity index (χ2n) is 13.0. The molecule has 0 N–H and O–H groups in total. The molecular formula is C44H45NO5. The molecule has 1 aromatic heterocycles. The quantitative estimate of drug-likeness (QED) is 0.116. The van der Waals surface area contributed by atoms with Crippen LogP contribution in [-0.2, 0) is 57.2 Å². The molecule has 7 rings (SSSR count). The first kappa shape index (κ1) is 33.9. The summed E-state index contributed by atoms with van der Waals surface area (Å²) < 4.78 is 36.7. The molecule has 6 nitrogen and oxygen atoms in total. The third kappa shape index (κ3) is 7.91. The zero-order valence-corrected chi connectivity index (χ0v) is 28.8. The molecule has 5 atom stereocenters. The van der Waals surface area contributed by atoms with E-state index >= 15 is 0 Å². The van der Waals surface area contributed by atoms with Gasteiger partial charge < -0.3 is 28.3 Å². The third-order valence-corrected chi connectivity index (χ3v) is 9.62. The van der Waals surface area contributed by atoms with Crippen LogP contribution in [0.4, 0.5) is 0 Å². The molecule has 0 bridgehead atoms. The van der Waals surface area contributed by atoms with Gasteiger partial charge in [0, 0.05) is 29.2 Å². The fourth-order valence-electron chi connectivity index (χ4n) is 6.93. The van der Waals surface area contributed by atoms with E-state index in [-0.39, 0.29) is 0 Å². The first-order chi connectivity index (χ1) is 24.7. The summed E-state index contributed by atoms with van der Waals surface area (Å²) >= 11 is 0. The lowest BCUT2D eigenvalue weighted by Crippen LogP contribution is -2.58. The number of aryl methyl sites for hydroxylation is 1. The highest BCUT2D eigenvalue weighted by Crippen LogP contribution is 2.43. The van der Waals surface area contributed by atoms with Crippen LogP contribution in [-0.4, -0.2) is 35.6 Å². The van der Waals surface area contributed by atoms with Crippen molar-refractivity contribution in [2.24, 2.45) is 7.05 Å². The normalized spacial score (nSPS) is 20.6. The number of ether oxygens (including phenoxy) is 5. The summed E-state index contributed by atoms with van der Waals surface area (Å²) in [6.45, 7) is 4.16. The van der Waals surface area contributed by atoms with Gasteiger partial charge in [0.2, 0.25) is 0 Å². The Bertz CT molecular complexity index is 1910. The molecule has 1 aliphatic rings. The molecule has 0 saturated carbocycles. The second kappa shape index (κ2) is 16.4. The number of fused-ring (bicyclic) bond motifs is 1. The molecule has 0 spiro atoms. The van der Waals surface area contributed by atoms with Gasteiger partial charge >= 0.3 is 0 Å². The predicted octanol–water partition coefficient (Wildman–Crippen LogP) is 8.90. The minimum atomic E-state index is -0.491. The lowest BCUT2D eigenvalue weighted by molar-refractivity contribution is -0.275. The van der Waals surface area contributed by atoms with Crippen LogP contribution in [0.1, 0.15) is 39.6 Å². The van der Waals surface area contributed by atoms with Gasteiger partial charge in [-0.25, -0.2) is 0 Å². The highest BCUT2D eigenvalue weighted by atomic mass is 16.6. The van der Waals surface area contributed by atoms with Gasteiger partial charge in [-0.1, -0.05) is 140 Å². The molecule has 6 aromatic rings. The van der Waals surface area contributed by atoms with Gasteiger partial charge in [0.1, 0.15) is 30.5 Å². The highest BCUT2D eigenvalue weighted by molar-refractivity contribution is 5.86. The van der Waals surface area contributed by atoms with Gasteiger partial charge in [0.05, 0.1) is 33.0 Å². The van der Waals surface area contributed by atoms with Crippen molar-refractivity contribution in [3.8, 4) is 0 Å². The van der Waals surface area contributed by atoms with Crippen LogP contribution in [0.3, 0.4) is 0 Å². The Hall–Kier alpha value is -4.56. The van der Waals surface area contributed by atoms with E-state index in [1.165, 1.54) is 0 Å². The fourth-order valence-corrected chi connectivity index (χ4v) is 6.93. The largest absolute Gasteiger partial charge is 0.374 e. The standard InChI is InChI=1S/C44H45NO5/c1-32-40(37-25-15-16-26-38(37)45(32)2)42-44(49-30-36-23-13-6-14-24-36)43(48-29-35-21-11-5-12-22-35)41(47-28-34-19-9-4-10-20-34)39(50-42)31-46-27-33-17-7-3-8-18-33/h3-26,39,41-44H,27-31H2,1-2H3/t39-,41-,42?,43+,44+/m1/s1. The molecule has 6 heteroatoms. The van der Waals surface area contributed by atoms with Crippen LogP contribution in [0.25, 0.3) is 10.9 Å². The molecule has 0 radical (unpaired) electrons. The summed E-state index contributed by atoms with van der Waals surface area (Å²) in [5.41, 5.74) is 7.71. The van der Waals surface area contributed by atoms with Crippen molar-refractivity contribution in [3.05, 3.63) is 179 Å². The molecular weight excluding hydrogens is 622 g/mol. The first-order valence-corrected chi connectivity index (χ1v) is 17.4. The first-order valence-electron chi connectivity index (χ1n) is 17.4. The number of hydrogen-bond donors (Lipinski definition) is 0. The van der Waals surface area contributed by atoms with Gasteiger partial charge in [-0.2, -0.15) is 0 Å². The van der Waals surface area contributed by atoms with Crippen molar-refractivity contribution in [1.82, 2.24) is 4.57 Å². The lowest BCUT2D eigenvalue weighted by Gasteiger charge is -2.46. The van der Waals surface area contributed by atoms with Crippen LogP contribution in [0.2, 0.25) is 0 Å². The van der Waals surface area contributed by atoms with E-state index in [4.69, 9.17) is 23.7 Å². The molecule has 50 heavy (non-hydrogen) atoms. The molecule has 2 heterocycles. The zero-order valence-electron chi connectivity index (χ0n) is 28.8. The van der Waals surface area contributed by atoms with E-state index in [1.54, 1.807) is 0 Å². The Morgan fingerprint density at radius 3 is 1.50 bits per heavy atom. The van der Waals surface area contributed by atoms with Crippen LogP contribution in [0, 0.1) is 6.92 Å². The second-order valence-corrected chi connectivity index (χ2v) is 13.0. The van der Waals surface area contributed by atoms with Gasteiger partial charge in [0.25, 0.3) is 0 Å². The zero-order chi connectivity index (χ0) is 34.1. The number of rotatable bonds is 14. The van der Waals surface area contributed by atoms with Crippen molar-refractivity contribution in [2.45, 2.75) is 63.9 Å². The van der Waals surface area contributed by atoms with E-state index in [9.17, 15) is 0 Å². The van der Waals surface area contributed by atoms with E-state index in [0.717, 1.165) is 44.4 Å². The van der Waals surface area contributed by atoms with Crippen molar-refractivity contribution >= 4 is 10.9 Å². The van der Waals surface area contributed by atoms with E-state index in [0.29, 0.717) is 33.0 Å². The number of aromatic nitrogens is 1. The van der Waals surface area contributed by atoms with Crippen LogP contribution in [0.5, 0.6) is 0 Å². The molecule has 0 aliphatic carbocycles. The van der Waals surface area contributed by atoms with Crippen molar-refractivity contribution < 1.29 is 23.7 Å². The van der Waals surface area contributed by atoms with Gasteiger partial charge in [-0.3, -0.25) is 0 Å². The molecule has 1 unspecified atom stereocenters. The average molecular weight is 668 g/mol. The maximum Gasteiger partial charge on any atom is 0.117 e. The fraction of sp³-hybridized carbons (Fsp3) is 0.273. The van der Waals surface area contributed by atoms with E-state index in [2.05, 4.69) is 91.3 Å². The SMILES string of the molecule is Cc1c(C2O[C@H](COCc3ccccc3)[C@@H](OCc3ccccc3)[C@H](OCc3ccccc3)[C@H]2OCc2ccccc2)c2ccccc2n1C.